The predicted molar refractivity (Wildman–Crippen MR) is 91.9 cm³/mol. The van der Waals surface area contributed by atoms with Crippen LogP contribution in [0.5, 0.6) is 0 Å². The number of nitrogens with one attached hydrogen (secondary N) is 1. The van der Waals surface area contributed by atoms with Gasteiger partial charge in [-0.05, 0) is 37.6 Å². The monoisotopic (exact) mass is 289 g/mol. The van der Waals surface area contributed by atoms with Gasteiger partial charge in [0.2, 0.25) is 0 Å². The van der Waals surface area contributed by atoms with Crippen LogP contribution < -0.4 is 10.2 Å². The number of rotatable bonds is 6. The van der Waals surface area contributed by atoms with E-state index < -0.39 is 0 Å². The fourth-order valence-corrected chi connectivity index (χ4v) is 3.15. The molecule has 0 amide bonds. The summed E-state index contributed by atoms with van der Waals surface area (Å²) < 4.78 is 0. The zero-order valence-electron chi connectivity index (χ0n) is 14.1. The van der Waals surface area contributed by atoms with Gasteiger partial charge in [0.1, 0.15) is 0 Å². The first-order valence-electron chi connectivity index (χ1n) is 8.39. The van der Waals surface area contributed by atoms with E-state index in [0.717, 1.165) is 32.7 Å². The fourth-order valence-electron chi connectivity index (χ4n) is 3.15. The topological polar surface area (TPSA) is 18.5 Å². The number of hydrogen-bond acceptors (Lipinski definition) is 3. The number of para-hydroxylation sites is 1. The van der Waals surface area contributed by atoms with Crippen molar-refractivity contribution < 1.29 is 0 Å². The number of likely N-dealkylation sites (N-methyl/N-ethyl adjacent to an activating group) is 1. The van der Waals surface area contributed by atoms with Gasteiger partial charge in [0.25, 0.3) is 0 Å². The molecule has 1 saturated heterocycles. The van der Waals surface area contributed by atoms with Gasteiger partial charge >= 0.3 is 0 Å². The van der Waals surface area contributed by atoms with E-state index in [1.165, 1.54) is 17.8 Å². The smallest absolute Gasteiger partial charge is 0.0412 e. The van der Waals surface area contributed by atoms with Gasteiger partial charge in [-0.1, -0.05) is 39.0 Å². The van der Waals surface area contributed by atoms with Crippen molar-refractivity contribution in [2.75, 3.05) is 37.6 Å². The van der Waals surface area contributed by atoms with E-state index in [-0.39, 0.29) is 0 Å². The SMILES string of the molecule is CCN1CCN(c2ccccc2CNCC(C)C)CC1C. The van der Waals surface area contributed by atoms with Crippen LogP contribution in [0.2, 0.25) is 0 Å². The second kappa shape index (κ2) is 7.81. The zero-order valence-corrected chi connectivity index (χ0v) is 14.1. The number of benzene rings is 1. The second-order valence-corrected chi connectivity index (χ2v) is 6.58. The van der Waals surface area contributed by atoms with E-state index in [2.05, 4.69) is 67.1 Å². The highest BCUT2D eigenvalue weighted by Crippen LogP contribution is 2.23. The molecule has 21 heavy (non-hydrogen) atoms. The number of piperazine rings is 1. The Labute approximate surface area is 130 Å². The molecule has 1 aromatic rings. The highest BCUT2D eigenvalue weighted by Gasteiger charge is 2.23. The van der Waals surface area contributed by atoms with Crippen molar-refractivity contribution in [3.63, 3.8) is 0 Å². The first-order chi connectivity index (χ1) is 10.1. The number of nitrogens with zero attached hydrogens (tertiary/aromatic N) is 2. The van der Waals surface area contributed by atoms with Gasteiger partial charge in [0.15, 0.2) is 0 Å². The Hall–Kier alpha value is -1.06. The average molecular weight is 289 g/mol. The largest absolute Gasteiger partial charge is 0.368 e. The average Bonchev–Trinajstić information content (AvgIpc) is 2.47. The quantitative estimate of drug-likeness (QED) is 0.868. The van der Waals surface area contributed by atoms with Gasteiger partial charge in [-0.2, -0.15) is 0 Å². The standard InChI is InChI=1S/C18H31N3/c1-5-20-10-11-21(14-16(20)4)18-9-7-6-8-17(18)13-19-12-15(2)3/h6-9,15-16,19H,5,10-14H2,1-4H3. The molecule has 1 aromatic carbocycles. The van der Waals surface area contributed by atoms with Crippen LogP contribution in [0.1, 0.15) is 33.3 Å². The van der Waals surface area contributed by atoms with E-state index >= 15 is 0 Å². The molecule has 1 atom stereocenters. The van der Waals surface area contributed by atoms with Crippen LogP contribution in [0.4, 0.5) is 5.69 Å². The molecule has 0 aromatic heterocycles. The Morgan fingerprint density at radius 2 is 2.00 bits per heavy atom. The summed E-state index contributed by atoms with van der Waals surface area (Å²) in [6, 6.07) is 9.50. The van der Waals surface area contributed by atoms with Crippen LogP contribution in [-0.4, -0.2) is 43.7 Å². The van der Waals surface area contributed by atoms with E-state index in [1.54, 1.807) is 0 Å². The number of anilines is 1. The van der Waals surface area contributed by atoms with Crippen molar-refractivity contribution >= 4 is 5.69 Å². The van der Waals surface area contributed by atoms with Gasteiger partial charge in [0.05, 0.1) is 0 Å². The molecule has 1 N–H and O–H groups in total. The minimum atomic E-state index is 0.639. The maximum absolute atomic E-state index is 3.57. The van der Waals surface area contributed by atoms with Crippen molar-refractivity contribution in [1.29, 1.82) is 0 Å². The lowest BCUT2D eigenvalue weighted by Gasteiger charge is -2.41. The van der Waals surface area contributed by atoms with Crippen molar-refractivity contribution in [2.24, 2.45) is 5.92 Å². The Morgan fingerprint density at radius 1 is 1.24 bits per heavy atom. The Bertz CT molecular complexity index is 430. The molecule has 118 valence electrons. The molecule has 1 aliphatic rings. The highest BCUT2D eigenvalue weighted by atomic mass is 15.3. The highest BCUT2D eigenvalue weighted by molar-refractivity contribution is 5.54. The summed E-state index contributed by atoms with van der Waals surface area (Å²) in [5.41, 5.74) is 2.84. The van der Waals surface area contributed by atoms with E-state index in [0.29, 0.717) is 12.0 Å². The second-order valence-electron chi connectivity index (χ2n) is 6.58. The maximum atomic E-state index is 3.57. The summed E-state index contributed by atoms with van der Waals surface area (Å²) in [4.78, 5) is 5.12. The van der Waals surface area contributed by atoms with Gasteiger partial charge < -0.3 is 10.2 Å². The summed E-state index contributed by atoms with van der Waals surface area (Å²) in [7, 11) is 0. The summed E-state index contributed by atoms with van der Waals surface area (Å²) in [5, 5.41) is 3.57. The molecule has 3 heteroatoms. The lowest BCUT2D eigenvalue weighted by atomic mass is 10.1. The Kier molecular flexibility index (Phi) is 6.07. The van der Waals surface area contributed by atoms with Crippen LogP contribution in [0, 0.1) is 5.92 Å². The normalized spacial score (nSPS) is 20.2. The molecule has 0 spiro atoms. The number of hydrogen-bond donors (Lipinski definition) is 1. The molecule has 2 rings (SSSR count). The molecule has 0 aliphatic carbocycles. The zero-order chi connectivity index (χ0) is 15.2. The van der Waals surface area contributed by atoms with Gasteiger partial charge in [-0.3, -0.25) is 4.90 Å². The van der Waals surface area contributed by atoms with E-state index in [4.69, 9.17) is 0 Å². The van der Waals surface area contributed by atoms with Gasteiger partial charge in [0, 0.05) is 37.9 Å². The molecule has 0 radical (unpaired) electrons. The molecular weight excluding hydrogens is 258 g/mol. The molecule has 0 saturated carbocycles. The lowest BCUT2D eigenvalue weighted by Crippen LogP contribution is -2.52. The molecule has 1 fully saturated rings. The first-order valence-corrected chi connectivity index (χ1v) is 8.39. The molecular formula is C18H31N3. The summed E-state index contributed by atoms with van der Waals surface area (Å²) in [5.74, 6) is 0.699. The third-order valence-electron chi connectivity index (χ3n) is 4.37. The Balaban J connectivity index is 2.02. The van der Waals surface area contributed by atoms with Crippen molar-refractivity contribution in [1.82, 2.24) is 10.2 Å². The minimum Gasteiger partial charge on any atom is -0.368 e. The third kappa shape index (κ3) is 4.45. The van der Waals surface area contributed by atoms with Crippen LogP contribution >= 0.6 is 0 Å². The summed E-state index contributed by atoms with van der Waals surface area (Å²) in [6.07, 6.45) is 0. The molecule has 1 aliphatic heterocycles. The fraction of sp³-hybridized carbons (Fsp3) is 0.667. The summed E-state index contributed by atoms with van der Waals surface area (Å²) in [6.45, 7) is 15.8. The van der Waals surface area contributed by atoms with Crippen LogP contribution in [0.3, 0.4) is 0 Å². The lowest BCUT2D eigenvalue weighted by molar-refractivity contribution is 0.199. The molecule has 1 unspecified atom stereocenters. The van der Waals surface area contributed by atoms with Crippen LogP contribution in [-0.2, 0) is 6.54 Å². The van der Waals surface area contributed by atoms with Gasteiger partial charge in [-0.15, -0.1) is 0 Å². The third-order valence-corrected chi connectivity index (χ3v) is 4.37. The predicted octanol–water partition coefficient (Wildman–Crippen LogP) is 2.96. The molecule has 3 nitrogen and oxygen atoms in total. The first kappa shape index (κ1) is 16.3. The molecule has 0 bridgehead atoms. The van der Waals surface area contributed by atoms with E-state index in [9.17, 15) is 0 Å². The Morgan fingerprint density at radius 3 is 2.67 bits per heavy atom. The molecule has 1 heterocycles. The van der Waals surface area contributed by atoms with Crippen molar-refractivity contribution in [2.45, 2.75) is 40.3 Å². The van der Waals surface area contributed by atoms with Crippen LogP contribution in [0.25, 0.3) is 0 Å². The van der Waals surface area contributed by atoms with E-state index in [1.807, 2.05) is 0 Å². The maximum Gasteiger partial charge on any atom is 0.0412 e. The summed E-state index contributed by atoms with van der Waals surface area (Å²) >= 11 is 0. The minimum absolute atomic E-state index is 0.639. The van der Waals surface area contributed by atoms with Crippen molar-refractivity contribution in [3.05, 3.63) is 29.8 Å². The van der Waals surface area contributed by atoms with Crippen molar-refractivity contribution in [3.8, 4) is 0 Å². The van der Waals surface area contributed by atoms with Crippen LogP contribution in [0.15, 0.2) is 24.3 Å². The van der Waals surface area contributed by atoms with Gasteiger partial charge in [-0.25, -0.2) is 0 Å².